The molecule has 1 aliphatic heterocycles. The first-order valence-electron chi connectivity index (χ1n) is 9.67. The number of nitrogens with one attached hydrogen (secondary N) is 1. The van der Waals surface area contributed by atoms with Crippen LogP contribution in [0.2, 0.25) is 0 Å². The lowest BCUT2D eigenvalue weighted by Crippen LogP contribution is -2.40. The van der Waals surface area contributed by atoms with Gasteiger partial charge in [-0.25, -0.2) is 9.97 Å². The molecule has 1 aromatic carbocycles. The molecular formula is C21H27N3O2. The average Bonchev–Trinajstić information content (AvgIpc) is 3.54. The summed E-state index contributed by atoms with van der Waals surface area (Å²) in [6.07, 6.45) is 6.33. The molecule has 1 N–H and O–H groups in total. The van der Waals surface area contributed by atoms with Gasteiger partial charge in [0.05, 0.1) is 6.61 Å². The summed E-state index contributed by atoms with van der Waals surface area (Å²) in [4.78, 5) is 9.12. The maximum atomic E-state index is 5.64. The fourth-order valence-electron chi connectivity index (χ4n) is 3.67. The van der Waals surface area contributed by atoms with Gasteiger partial charge in [0.15, 0.2) is 0 Å². The number of benzene rings is 1. The Kier molecular flexibility index (Phi) is 5.07. The molecule has 138 valence electrons. The minimum atomic E-state index is 0.0632. The van der Waals surface area contributed by atoms with Crippen LogP contribution in [0.5, 0.6) is 5.75 Å². The van der Waals surface area contributed by atoms with Gasteiger partial charge in [0, 0.05) is 37.3 Å². The molecule has 1 saturated carbocycles. The third-order valence-electron chi connectivity index (χ3n) is 5.45. The van der Waals surface area contributed by atoms with Crippen molar-refractivity contribution < 1.29 is 9.47 Å². The molecule has 2 fully saturated rings. The second kappa shape index (κ2) is 7.62. The van der Waals surface area contributed by atoms with Crippen molar-refractivity contribution in [3.8, 4) is 5.75 Å². The number of hydrogen-bond acceptors (Lipinski definition) is 5. The fraction of sp³-hybridized carbons (Fsp3) is 0.524. The second-order valence-electron chi connectivity index (χ2n) is 7.28. The van der Waals surface area contributed by atoms with E-state index in [1.165, 1.54) is 18.4 Å². The van der Waals surface area contributed by atoms with Crippen molar-refractivity contribution in [2.45, 2.75) is 43.9 Å². The Balaban J connectivity index is 1.51. The number of aromatic nitrogens is 2. The number of anilines is 1. The zero-order valence-corrected chi connectivity index (χ0v) is 15.4. The molecule has 0 spiro atoms. The smallest absolute Gasteiger partial charge is 0.133 e. The van der Waals surface area contributed by atoms with Crippen LogP contribution in [0.3, 0.4) is 0 Å². The van der Waals surface area contributed by atoms with Gasteiger partial charge in [0.25, 0.3) is 0 Å². The molecule has 1 saturated heterocycles. The van der Waals surface area contributed by atoms with E-state index in [2.05, 4.69) is 34.6 Å². The van der Waals surface area contributed by atoms with Crippen LogP contribution >= 0.6 is 0 Å². The summed E-state index contributed by atoms with van der Waals surface area (Å²) in [7, 11) is 0. The highest BCUT2D eigenvalue weighted by molar-refractivity contribution is 5.39. The van der Waals surface area contributed by atoms with Crippen LogP contribution in [0.15, 0.2) is 36.5 Å². The van der Waals surface area contributed by atoms with E-state index in [0.717, 1.165) is 50.0 Å². The van der Waals surface area contributed by atoms with Crippen molar-refractivity contribution in [1.82, 2.24) is 9.97 Å². The summed E-state index contributed by atoms with van der Waals surface area (Å²) in [5.41, 5.74) is 1.40. The summed E-state index contributed by atoms with van der Waals surface area (Å²) in [6, 6.07) is 10.5. The lowest BCUT2D eigenvalue weighted by atomic mass is 9.74. The van der Waals surface area contributed by atoms with Crippen molar-refractivity contribution >= 4 is 5.82 Å². The largest absolute Gasteiger partial charge is 0.494 e. The SMILES string of the molecule is CCOc1ccc(C2(CNc3ccnc(C4CC4)n3)CCOCC2)cc1. The highest BCUT2D eigenvalue weighted by atomic mass is 16.5. The molecule has 0 bridgehead atoms. The van der Waals surface area contributed by atoms with Crippen molar-refractivity contribution in [1.29, 1.82) is 0 Å². The molecular weight excluding hydrogens is 326 g/mol. The molecule has 5 heteroatoms. The number of rotatable bonds is 7. The lowest BCUT2D eigenvalue weighted by Gasteiger charge is -2.38. The number of ether oxygens (including phenoxy) is 2. The maximum absolute atomic E-state index is 5.64. The monoisotopic (exact) mass is 353 g/mol. The van der Waals surface area contributed by atoms with Crippen LogP contribution in [0.4, 0.5) is 5.82 Å². The van der Waals surface area contributed by atoms with Gasteiger partial charge in [-0.05, 0) is 56.4 Å². The zero-order valence-electron chi connectivity index (χ0n) is 15.4. The number of hydrogen-bond donors (Lipinski definition) is 1. The topological polar surface area (TPSA) is 56.3 Å². The van der Waals surface area contributed by atoms with Gasteiger partial charge in [-0.3, -0.25) is 0 Å². The number of nitrogens with zero attached hydrogens (tertiary/aromatic N) is 2. The normalized spacial score (nSPS) is 19.1. The van der Waals surface area contributed by atoms with Gasteiger partial charge in [-0.1, -0.05) is 12.1 Å². The Morgan fingerprint density at radius 3 is 2.62 bits per heavy atom. The molecule has 5 nitrogen and oxygen atoms in total. The van der Waals surface area contributed by atoms with Gasteiger partial charge < -0.3 is 14.8 Å². The van der Waals surface area contributed by atoms with E-state index in [4.69, 9.17) is 14.5 Å². The van der Waals surface area contributed by atoms with Crippen LogP contribution in [-0.4, -0.2) is 36.3 Å². The van der Waals surface area contributed by atoms with E-state index in [0.29, 0.717) is 12.5 Å². The summed E-state index contributed by atoms with van der Waals surface area (Å²) < 4.78 is 11.2. The van der Waals surface area contributed by atoms with Crippen LogP contribution in [0, 0.1) is 0 Å². The molecule has 2 aliphatic rings. The highest BCUT2D eigenvalue weighted by Gasteiger charge is 2.34. The highest BCUT2D eigenvalue weighted by Crippen LogP contribution is 2.39. The average molecular weight is 353 g/mol. The molecule has 0 unspecified atom stereocenters. The first kappa shape index (κ1) is 17.3. The molecule has 1 aromatic heterocycles. The summed E-state index contributed by atoms with van der Waals surface area (Å²) in [5.74, 6) is 3.41. The summed E-state index contributed by atoms with van der Waals surface area (Å²) >= 11 is 0. The fourth-order valence-corrected chi connectivity index (χ4v) is 3.67. The van der Waals surface area contributed by atoms with Crippen LogP contribution in [0.1, 0.15) is 49.9 Å². The Morgan fingerprint density at radius 1 is 1.15 bits per heavy atom. The molecule has 0 radical (unpaired) electrons. The predicted molar refractivity (Wildman–Crippen MR) is 102 cm³/mol. The molecule has 4 rings (SSSR count). The maximum Gasteiger partial charge on any atom is 0.133 e. The standard InChI is InChI=1S/C21H27N3O2/c1-2-26-18-7-5-17(6-8-18)21(10-13-25-14-11-21)15-23-19-9-12-22-20(24-19)16-3-4-16/h5-9,12,16H,2-4,10-11,13-15H2,1H3,(H,22,23,24). The Hall–Kier alpha value is -2.14. The van der Waals surface area contributed by atoms with Gasteiger partial charge in [-0.2, -0.15) is 0 Å². The van der Waals surface area contributed by atoms with Crippen LogP contribution in [0.25, 0.3) is 0 Å². The van der Waals surface area contributed by atoms with Crippen LogP contribution in [-0.2, 0) is 10.2 Å². The first-order valence-corrected chi connectivity index (χ1v) is 9.67. The first-order chi connectivity index (χ1) is 12.8. The third-order valence-corrected chi connectivity index (χ3v) is 5.45. The second-order valence-corrected chi connectivity index (χ2v) is 7.28. The molecule has 26 heavy (non-hydrogen) atoms. The summed E-state index contributed by atoms with van der Waals surface area (Å²) in [5, 5.41) is 3.58. The van der Waals surface area contributed by atoms with Crippen molar-refractivity contribution in [2.24, 2.45) is 0 Å². The van der Waals surface area contributed by atoms with E-state index in [-0.39, 0.29) is 5.41 Å². The Morgan fingerprint density at radius 2 is 1.92 bits per heavy atom. The molecule has 1 aliphatic carbocycles. The van der Waals surface area contributed by atoms with E-state index < -0.39 is 0 Å². The molecule has 0 atom stereocenters. The Labute approximate surface area is 155 Å². The summed E-state index contributed by atoms with van der Waals surface area (Å²) in [6.45, 7) is 5.15. The van der Waals surface area contributed by atoms with Crippen LogP contribution < -0.4 is 10.1 Å². The van der Waals surface area contributed by atoms with Gasteiger partial charge in [-0.15, -0.1) is 0 Å². The zero-order chi connectivity index (χ0) is 17.8. The molecule has 2 aromatic rings. The predicted octanol–water partition coefficient (Wildman–Crippen LogP) is 3.91. The minimum absolute atomic E-state index is 0.0632. The third kappa shape index (κ3) is 3.83. The quantitative estimate of drug-likeness (QED) is 0.818. The molecule has 2 heterocycles. The van der Waals surface area contributed by atoms with Gasteiger partial charge in [0.1, 0.15) is 17.4 Å². The van der Waals surface area contributed by atoms with Gasteiger partial charge >= 0.3 is 0 Å². The van der Waals surface area contributed by atoms with E-state index in [1.807, 2.05) is 19.2 Å². The van der Waals surface area contributed by atoms with Gasteiger partial charge in [0.2, 0.25) is 0 Å². The Bertz CT molecular complexity index is 722. The van der Waals surface area contributed by atoms with E-state index >= 15 is 0 Å². The van der Waals surface area contributed by atoms with Crippen molar-refractivity contribution in [3.63, 3.8) is 0 Å². The molecule has 0 amide bonds. The minimum Gasteiger partial charge on any atom is -0.494 e. The lowest BCUT2D eigenvalue weighted by molar-refractivity contribution is 0.0543. The van der Waals surface area contributed by atoms with Crippen molar-refractivity contribution in [2.75, 3.05) is 31.7 Å². The van der Waals surface area contributed by atoms with E-state index in [1.54, 1.807) is 0 Å². The van der Waals surface area contributed by atoms with Crippen molar-refractivity contribution in [3.05, 3.63) is 47.9 Å². The van der Waals surface area contributed by atoms with E-state index in [9.17, 15) is 0 Å².